The van der Waals surface area contributed by atoms with E-state index in [2.05, 4.69) is 86.6 Å². The van der Waals surface area contributed by atoms with Gasteiger partial charge >= 0.3 is 5.97 Å². The van der Waals surface area contributed by atoms with Crippen LogP contribution in [0.5, 0.6) is 5.75 Å². The number of cyclic esters (lactones) is 1. The average Bonchev–Trinajstić information content (AvgIpc) is 3.44. The number of nitrogens with zero attached hydrogens (tertiary/aromatic N) is 2. The van der Waals surface area contributed by atoms with Gasteiger partial charge in [0.25, 0.3) is 0 Å². The normalized spacial score (nSPS) is 16.3. The molecule has 1 unspecified atom stereocenters. The van der Waals surface area contributed by atoms with Crippen molar-refractivity contribution in [2.75, 3.05) is 24.6 Å². The fourth-order valence-electron chi connectivity index (χ4n) is 6.44. The Morgan fingerprint density at radius 2 is 1.62 bits per heavy atom. The number of esters is 1. The molecule has 0 saturated heterocycles. The molecule has 210 valence electrons. The number of fused-ring (bicyclic) bond motifs is 2. The van der Waals surface area contributed by atoms with Crippen LogP contribution in [0.1, 0.15) is 86.1 Å². The first kappa shape index (κ1) is 27.8. The van der Waals surface area contributed by atoms with Crippen molar-refractivity contribution in [3.8, 4) is 5.75 Å². The molecule has 0 spiro atoms. The van der Waals surface area contributed by atoms with Gasteiger partial charge in [-0.15, -0.1) is 0 Å². The Hall–Kier alpha value is -3.73. The zero-order chi connectivity index (χ0) is 28.3. The lowest BCUT2D eigenvalue weighted by Crippen LogP contribution is -2.31. The Morgan fingerprint density at radius 3 is 2.38 bits per heavy atom. The highest BCUT2D eigenvalue weighted by Gasteiger charge is 2.52. The minimum Gasteiger partial charge on any atom is -0.493 e. The number of carbonyl (C=O) groups excluding carboxylic acids is 1. The minimum atomic E-state index is -1.13. The van der Waals surface area contributed by atoms with E-state index in [-0.39, 0.29) is 5.97 Å². The van der Waals surface area contributed by atoms with Crippen molar-refractivity contribution in [2.45, 2.75) is 72.4 Å². The topological polar surface area (TPSA) is 43.7 Å². The summed E-state index contributed by atoms with van der Waals surface area (Å²) in [5.41, 5.74) is 5.57. The Labute approximate surface area is 238 Å². The molecule has 0 aliphatic carbocycles. The van der Waals surface area contributed by atoms with E-state index in [1.807, 2.05) is 24.3 Å². The van der Waals surface area contributed by atoms with E-state index in [1.165, 1.54) is 12.8 Å². The van der Waals surface area contributed by atoms with Gasteiger partial charge in [-0.1, -0.05) is 62.6 Å². The number of unbranched alkanes of at least 4 members (excludes halogenated alkanes) is 3. The summed E-state index contributed by atoms with van der Waals surface area (Å²) in [4.78, 5) is 15.9. The number of hydrogen-bond acceptors (Lipinski definition) is 4. The minimum absolute atomic E-state index is 0.301. The van der Waals surface area contributed by atoms with Crippen LogP contribution in [-0.4, -0.2) is 30.2 Å². The van der Waals surface area contributed by atoms with Gasteiger partial charge in [-0.25, -0.2) is 4.79 Å². The van der Waals surface area contributed by atoms with Gasteiger partial charge in [-0.05, 0) is 58.4 Å². The molecular weight excluding hydrogens is 496 g/mol. The van der Waals surface area contributed by atoms with Crippen LogP contribution in [0.2, 0.25) is 0 Å². The van der Waals surface area contributed by atoms with E-state index in [0.717, 1.165) is 77.2 Å². The van der Waals surface area contributed by atoms with Crippen molar-refractivity contribution in [1.29, 1.82) is 0 Å². The van der Waals surface area contributed by atoms with Crippen LogP contribution in [0.4, 0.5) is 5.69 Å². The fourth-order valence-corrected chi connectivity index (χ4v) is 6.44. The third-order valence-electron chi connectivity index (χ3n) is 8.40. The average molecular weight is 539 g/mol. The molecule has 1 aliphatic heterocycles. The standard InChI is InChI=1S/C35H42N2O3/c1-6-10-11-16-23-39-32-24-26(36(7-2)8-3)21-22-30(32)35(29-19-14-12-17-27(29)34(38)40-35)33-25(5)37(9-4)31-20-15-13-18-28(31)33/h12-15,17-22,24H,6-11,16,23H2,1-5H3. The highest BCUT2D eigenvalue weighted by Crippen LogP contribution is 2.53. The van der Waals surface area contributed by atoms with Gasteiger partial charge in [-0.3, -0.25) is 0 Å². The molecule has 0 amide bonds. The molecule has 3 aromatic carbocycles. The summed E-state index contributed by atoms with van der Waals surface area (Å²) in [6.45, 7) is 14.1. The molecule has 0 bridgehead atoms. The van der Waals surface area contributed by atoms with Gasteiger partial charge < -0.3 is 18.9 Å². The van der Waals surface area contributed by atoms with E-state index in [9.17, 15) is 4.79 Å². The Balaban J connectivity index is 1.80. The first-order valence-electron chi connectivity index (χ1n) is 14.9. The number of benzene rings is 3. The Bertz CT molecular complexity index is 1500. The quantitative estimate of drug-likeness (QED) is 0.135. The van der Waals surface area contributed by atoms with E-state index < -0.39 is 5.60 Å². The maximum absolute atomic E-state index is 13.6. The number of hydrogen-bond donors (Lipinski definition) is 0. The maximum Gasteiger partial charge on any atom is 0.340 e. The van der Waals surface area contributed by atoms with Gasteiger partial charge in [0.05, 0.1) is 12.2 Å². The SMILES string of the molecule is CCCCCCOc1cc(N(CC)CC)ccc1C1(c2c(C)n(CC)c3ccccc23)OC(=O)c2ccccc21. The molecular formula is C35H42N2O3. The predicted octanol–water partition coefficient (Wildman–Crippen LogP) is 8.24. The van der Waals surface area contributed by atoms with Crippen LogP contribution < -0.4 is 9.64 Å². The summed E-state index contributed by atoms with van der Waals surface area (Å²) >= 11 is 0. The fraction of sp³-hybridized carbons (Fsp3) is 0.400. The first-order chi connectivity index (χ1) is 19.5. The smallest absolute Gasteiger partial charge is 0.340 e. The molecule has 0 fully saturated rings. The molecule has 5 rings (SSSR count). The number of rotatable bonds is 12. The third kappa shape index (κ3) is 4.55. The maximum atomic E-state index is 13.6. The second kappa shape index (κ2) is 11.8. The molecule has 0 N–H and O–H groups in total. The van der Waals surface area contributed by atoms with Gasteiger partial charge in [0.1, 0.15) is 5.75 Å². The second-order valence-corrected chi connectivity index (χ2v) is 10.6. The van der Waals surface area contributed by atoms with Crippen LogP contribution in [0, 0.1) is 6.92 Å². The summed E-state index contributed by atoms with van der Waals surface area (Å²) in [7, 11) is 0. The zero-order valence-corrected chi connectivity index (χ0v) is 24.6. The largest absolute Gasteiger partial charge is 0.493 e. The van der Waals surface area contributed by atoms with Crippen LogP contribution >= 0.6 is 0 Å². The van der Waals surface area contributed by atoms with E-state index >= 15 is 0 Å². The molecule has 2 heterocycles. The van der Waals surface area contributed by atoms with E-state index in [4.69, 9.17) is 9.47 Å². The summed E-state index contributed by atoms with van der Waals surface area (Å²) in [5.74, 6) is 0.475. The van der Waals surface area contributed by atoms with Crippen LogP contribution in [0.15, 0.2) is 66.7 Å². The highest BCUT2D eigenvalue weighted by atomic mass is 16.6. The molecule has 1 aliphatic rings. The van der Waals surface area contributed by atoms with Crippen molar-refractivity contribution in [3.63, 3.8) is 0 Å². The van der Waals surface area contributed by atoms with Crippen LogP contribution in [0.25, 0.3) is 10.9 Å². The van der Waals surface area contributed by atoms with Gasteiger partial charge in [-0.2, -0.15) is 0 Å². The molecule has 0 saturated carbocycles. The number of ether oxygens (including phenoxy) is 2. The van der Waals surface area contributed by atoms with E-state index in [0.29, 0.717) is 12.2 Å². The van der Waals surface area contributed by atoms with Gasteiger partial charge in [0, 0.05) is 64.7 Å². The van der Waals surface area contributed by atoms with Crippen molar-refractivity contribution in [1.82, 2.24) is 4.57 Å². The van der Waals surface area contributed by atoms with Crippen molar-refractivity contribution in [2.24, 2.45) is 0 Å². The van der Waals surface area contributed by atoms with Crippen LogP contribution in [-0.2, 0) is 16.9 Å². The number of aromatic nitrogens is 1. The summed E-state index contributed by atoms with van der Waals surface area (Å²) in [6, 6.07) is 22.7. The molecule has 4 aromatic rings. The number of aryl methyl sites for hydroxylation is 1. The first-order valence-corrected chi connectivity index (χ1v) is 14.9. The molecule has 1 atom stereocenters. The molecule has 5 nitrogen and oxygen atoms in total. The lowest BCUT2D eigenvalue weighted by molar-refractivity contribution is 0.0245. The molecule has 1 aromatic heterocycles. The van der Waals surface area contributed by atoms with Crippen molar-refractivity contribution < 1.29 is 14.3 Å². The third-order valence-corrected chi connectivity index (χ3v) is 8.40. The van der Waals surface area contributed by atoms with E-state index in [1.54, 1.807) is 0 Å². The van der Waals surface area contributed by atoms with Gasteiger partial charge in [0.15, 0.2) is 5.60 Å². The highest BCUT2D eigenvalue weighted by molar-refractivity contribution is 5.99. The monoisotopic (exact) mass is 538 g/mol. The lowest BCUT2D eigenvalue weighted by Gasteiger charge is -2.33. The summed E-state index contributed by atoms with van der Waals surface area (Å²) in [5, 5.41) is 1.09. The van der Waals surface area contributed by atoms with Gasteiger partial charge in [0.2, 0.25) is 0 Å². The van der Waals surface area contributed by atoms with Crippen molar-refractivity contribution in [3.05, 3.63) is 94.7 Å². The number of carbonyl (C=O) groups is 1. The summed E-state index contributed by atoms with van der Waals surface area (Å²) in [6.07, 6.45) is 4.49. The Kier molecular flexibility index (Phi) is 8.20. The number of para-hydroxylation sites is 1. The van der Waals surface area contributed by atoms with Crippen molar-refractivity contribution >= 4 is 22.6 Å². The Morgan fingerprint density at radius 1 is 0.875 bits per heavy atom. The summed E-state index contributed by atoms with van der Waals surface area (Å²) < 4.78 is 15.6. The number of anilines is 1. The zero-order valence-electron chi connectivity index (χ0n) is 24.6. The predicted molar refractivity (Wildman–Crippen MR) is 164 cm³/mol. The molecule has 5 heteroatoms. The second-order valence-electron chi connectivity index (χ2n) is 10.6. The molecule has 40 heavy (non-hydrogen) atoms. The molecule has 0 radical (unpaired) electrons. The van der Waals surface area contributed by atoms with Crippen LogP contribution in [0.3, 0.4) is 0 Å². The lowest BCUT2D eigenvalue weighted by atomic mass is 9.78.